The Kier molecular flexibility index (Phi) is 3.90. The molecule has 2 aromatic rings. The molecule has 1 aromatic carbocycles. The normalized spacial score (nSPS) is 10.7. The molecule has 102 valence electrons. The van der Waals surface area contributed by atoms with Crippen molar-refractivity contribution in [3.63, 3.8) is 0 Å². The van der Waals surface area contributed by atoms with Crippen LogP contribution in [0.15, 0.2) is 45.9 Å². The monoisotopic (exact) mass is 273 g/mol. The highest BCUT2D eigenvalue weighted by molar-refractivity contribution is 5.93. The summed E-state index contributed by atoms with van der Waals surface area (Å²) >= 11 is 0. The Morgan fingerprint density at radius 2 is 2.10 bits per heavy atom. The standard InChI is InChI=1S/C13H11N3O4/c1-9-6-7-12(20-9)13(17)15-14-8-10-4-2-3-5-11(10)16(18)19/h2-8H,1H3,(H,15,17). The Balaban J connectivity index is 2.07. The van der Waals surface area contributed by atoms with Gasteiger partial charge < -0.3 is 4.42 Å². The highest BCUT2D eigenvalue weighted by atomic mass is 16.6. The van der Waals surface area contributed by atoms with E-state index in [1.165, 1.54) is 24.4 Å². The van der Waals surface area contributed by atoms with E-state index in [0.717, 1.165) is 0 Å². The van der Waals surface area contributed by atoms with Crippen LogP contribution >= 0.6 is 0 Å². The molecular formula is C13H11N3O4. The predicted octanol–water partition coefficient (Wildman–Crippen LogP) is 2.26. The van der Waals surface area contributed by atoms with E-state index >= 15 is 0 Å². The van der Waals surface area contributed by atoms with Gasteiger partial charge in [0.15, 0.2) is 5.76 Å². The fourth-order valence-corrected chi connectivity index (χ4v) is 1.54. The SMILES string of the molecule is Cc1ccc(C(=O)NN=Cc2ccccc2[N+](=O)[O-])o1. The molecule has 1 heterocycles. The number of nitrogens with one attached hydrogen (secondary N) is 1. The molecule has 0 bridgehead atoms. The average Bonchev–Trinajstić information content (AvgIpc) is 2.86. The molecule has 1 N–H and O–H groups in total. The molecule has 7 nitrogen and oxygen atoms in total. The van der Waals surface area contributed by atoms with Gasteiger partial charge in [-0.05, 0) is 25.1 Å². The number of hydrogen-bond donors (Lipinski definition) is 1. The van der Waals surface area contributed by atoms with Gasteiger partial charge in [-0.15, -0.1) is 0 Å². The molecule has 0 saturated carbocycles. The van der Waals surface area contributed by atoms with Crippen LogP contribution in [0.4, 0.5) is 5.69 Å². The van der Waals surface area contributed by atoms with Crippen LogP contribution in [0, 0.1) is 17.0 Å². The van der Waals surface area contributed by atoms with E-state index in [9.17, 15) is 14.9 Å². The summed E-state index contributed by atoms with van der Waals surface area (Å²) in [6, 6.07) is 9.27. The van der Waals surface area contributed by atoms with Gasteiger partial charge in [-0.3, -0.25) is 14.9 Å². The van der Waals surface area contributed by atoms with Gasteiger partial charge in [0.25, 0.3) is 5.69 Å². The maximum absolute atomic E-state index is 11.6. The Labute approximate surface area is 114 Å². The second-order valence-electron chi connectivity index (χ2n) is 3.93. The summed E-state index contributed by atoms with van der Waals surface area (Å²) in [5, 5.41) is 14.5. The topological polar surface area (TPSA) is 97.7 Å². The molecule has 0 saturated heterocycles. The van der Waals surface area contributed by atoms with Crippen LogP contribution in [0.5, 0.6) is 0 Å². The number of benzene rings is 1. The van der Waals surface area contributed by atoms with E-state index in [1.54, 1.807) is 25.1 Å². The molecule has 7 heteroatoms. The summed E-state index contributed by atoms with van der Waals surface area (Å²) in [5.74, 6) is 0.216. The molecule has 20 heavy (non-hydrogen) atoms. The smallest absolute Gasteiger partial charge is 0.307 e. The van der Waals surface area contributed by atoms with Gasteiger partial charge >= 0.3 is 5.91 Å². The van der Waals surface area contributed by atoms with Crippen molar-refractivity contribution < 1.29 is 14.1 Å². The molecule has 2 rings (SSSR count). The predicted molar refractivity (Wildman–Crippen MR) is 71.6 cm³/mol. The summed E-state index contributed by atoms with van der Waals surface area (Å²) in [6.45, 7) is 1.72. The number of rotatable bonds is 4. The number of amides is 1. The quantitative estimate of drug-likeness (QED) is 0.524. The lowest BCUT2D eigenvalue weighted by Crippen LogP contribution is -2.16. The van der Waals surface area contributed by atoms with Crippen LogP contribution in [0.2, 0.25) is 0 Å². The van der Waals surface area contributed by atoms with Crippen LogP contribution in [0.1, 0.15) is 21.9 Å². The Morgan fingerprint density at radius 3 is 2.75 bits per heavy atom. The minimum atomic E-state index is -0.520. The minimum Gasteiger partial charge on any atom is -0.456 e. The molecule has 0 atom stereocenters. The number of furan rings is 1. The highest BCUT2D eigenvalue weighted by Gasteiger charge is 2.11. The molecular weight excluding hydrogens is 262 g/mol. The number of hydrazone groups is 1. The summed E-state index contributed by atoms with van der Waals surface area (Å²) < 4.78 is 5.12. The molecule has 0 fully saturated rings. The number of carbonyl (C=O) groups excluding carboxylic acids is 1. The number of aryl methyl sites for hydroxylation is 1. The van der Waals surface area contributed by atoms with Crippen LogP contribution in [0.25, 0.3) is 0 Å². The fraction of sp³-hybridized carbons (Fsp3) is 0.0769. The van der Waals surface area contributed by atoms with Gasteiger partial charge in [0, 0.05) is 6.07 Å². The largest absolute Gasteiger partial charge is 0.456 e. The summed E-state index contributed by atoms with van der Waals surface area (Å²) in [5.41, 5.74) is 2.46. The van der Waals surface area contributed by atoms with Crippen molar-refractivity contribution >= 4 is 17.8 Å². The van der Waals surface area contributed by atoms with E-state index in [2.05, 4.69) is 10.5 Å². The van der Waals surface area contributed by atoms with E-state index in [4.69, 9.17) is 4.42 Å². The van der Waals surface area contributed by atoms with E-state index < -0.39 is 10.8 Å². The maximum atomic E-state index is 11.6. The lowest BCUT2D eigenvalue weighted by Gasteiger charge is -1.97. The van der Waals surface area contributed by atoms with Gasteiger partial charge in [0.1, 0.15) is 5.76 Å². The van der Waals surface area contributed by atoms with Gasteiger partial charge in [0.05, 0.1) is 16.7 Å². The Hall–Kier alpha value is -2.96. The number of nitro groups is 1. The first-order chi connectivity index (χ1) is 9.58. The fourth-order valence-electron chi connectivity index (χ4n) is 1.54. The van der Waals surface area contributed by atoms with Crippen molar-refractivity contribution in [3.05, 3.63) is 63.6 Å². The van der Waals surface area contributed by atoms with E-state index in [0.29, 0.717) is 11.3 Å². The third-order valence-electron chi connectivity index (χ3n) is 2.47. The Bertz CT molecular complexity index is 676. The summed E-state index contributed by atoms with van der Waals surface area (Å²) in [6.07, 6.45) is 1.21. The highest BCUT2D eigenvalue weighted by Crippen LogP contribution is 2.15. The van der Waals surface area contributed by atoms with Gasteiger partial charge in [-0.2, -0.15) is 5.10 Å². The zero-order chi connectivity index (χ0) is 14.5. The molecule has 0 radical (unpaired) electrons. The van der Waals surface area contributed by atoms with Crippen molar-refractivity contribution in [2.75, 3.05) is 0 Å². The van der Waals surface area contributed by atoms with Crippen molar-refractivity contribution in [2.45, 2.75) is 6.92 Å². The lowest BCUT2D eigenvalue weighted by molar-refractivity contribution is -0.385. The summed E-state index contributed by atoms with van der Waals surface area (Å²) in [4.78, 5) is 21.9. The van der Waals surface area contributed by atoms with Crippen LogP contribution in [-0.4, -0.2) is 17.0 Å². The number of hydrogen-bond acceptors (Lipinski definition) is 5. The van der Waals surface area contributed by atoms with Crippen molar-refractivity contribution in [1.29, 1.82) is 0 Å². The molecule has 0 spiro atoms. The molecule has 0 aliphatic rings. The van der Waals surface area contributed by atoms with Crippen molar-refractivity contribution in [3.8, 4) is 0 Å². The Morgan fingerprint density at radius 1 is 1.35 bits per heavy atom. The lowest BCUT2D eigenvalue weighted by atomic mass is 10.2. The van der Waals surface area contributed by atoms with E-state index in [1.807, 2.05) is 0 Å². The third-order valence-corrected chi connectivity index (χ3v) is 2.47. The average molecular weight is 273 g/mol. The van der Waals surface area contributed by atoms with Crippen LogP contribution in [0.3, 0.4) is 0 Å². The first-order valence-electron chi connectivity index (χ1n) is 5.71. The molecule has 1 aromatic heterocycles. The first kappa shape index (κ1) is 13.5. The second-order valence-corrected chi connectivity index (χ2v) is 3.93. The van der Waals surface area contributed by atoms with E-state index in [-0.39, 0.29) is 11.4 Å². The van der Waals surface area contributed by atoms with Gasteiger partial charge in [-0.1, -0.05) is 12.1 Å². The minimum absolute atomic E-state index is 0.0839. The molecule has 0 aliphatic heterocycles. The van der Waals surface area contributed by atoms with Crippen LogP contribution < -0.4 is 5.43 Å². The van der Waals surface area contributed by atoms with Crippen molar-refractivity contribution in [1.82, 2.24) is 5.43 Å². The number of nitrogens with zero attached hydrogens (tertiary/aromatic N) is 2. The van der Waals surface area contributed by atoms with Crippen LogP contribution in [-0.2, 0) is 0 Å². The second kappa shape index (κ2) is 5.79. The number of para-hydroxylation sites is 1. The maximum Gasteiger partial charge on any atom is 0.307 e. The third kappa shape index (κ3) is 3.08. The summed E-state index contributed by atoms with van der Waals surface area (Å²) in [7, 11) is 0. The van der Waals surface area contributed by atoms with Gasteiger partial charge in [0.2, 0.25) is 0 Å². The van der Waals surface area contributed by atoms with Gasteiger partial charge in [-0.25, -0.2) is 5.43 Å². The van der Waals surface area contributed by atoms with Crippen molar-refractivity contribution in [2.24, 2.45) is 5.10 Å². The molecule has 0 unspecified atom stereocenters. The molecule has 1 amide bonds. The first-order valence-corrected chi connectivity index (χ1v) is 5.71. The zero-order valence-corrected chi connectivity index (χ0v) is 10.6. The number of nitro benzene ring substituents is 1. The zero-order valence-electron chi connectivity index (χ0n) is 10.6. The molecule has 0 aliphatic carbocycles. The number of carbonyl (C=O) groups is 1.